The highest BCUT2D eigenvalue weighted by Gasteiger charge is 2.17. The summed E-state index contributed by atoms with van der Waals surface area (Å²) >= 11 is 1.57. The first kappa shape index (κ1) is 23.3. The molecule has 0 bridgehead atoms. The van der Waals surface area contributed by atoms with Gasteiger partial charge in [0.05, 0.1) is 17.5 Å². The Bertz CT molecular complexity index is 1290. The number of aromatic nitrogens is 4. The lowest BCUT2D eigenvalue weighted by molar-refractivity contribution is 0.190. The van der Waals surface area contributed by atoms with Crippen molar-refractivity contribution in [3.8, 4) is 5.75 Å². The van der Waals surface area contributed by atoms with Crippen LogP contribution in [0.25, 0.3) is 16.7 Å². The Hall–Kier alpha value is -2.84. The molecule has 2 aromatic heterocycles. The Kier molecular flexibility index (Phi) is 7.05. The predicted molar refractivity (Wildman–Crippen MR) is 133 cm³/mol. The number of hydrogen-bond donors (Lipinski definition) is 0. The summed E-state index contributed by atoms with van der Waals surface area (Å²) in [5.41, 5.74) is 2.16. The highest BCUT2D eigenvalue weighted by molar-refractivity contribution is 7.99. The smallest absolute Gasteiger partial charge is 0.262 e. The van der Waals surface area contributed by atoms with Gasteiger partial charge in [0.15, 0.2) is 5.16 Å². The van der Waals surface area contributed by atoms with Crippen LogP contribution in [0.4, 0.5) is 0 Å². The van der Waals surface area contributed by atoms with Crippen molar-refractivity contribution in [2.24, 2.45) is 0 Å². The molecule has 4 aromatic rings. The zero-order valence-corrected chi connectivity index (χ0v) is 20.4. The summed E-state index contributed by atoms with van der Waals surface area (Å²) < 4.78 is 14.7. The number of methoxy groups -OCH3 is 1. The van der Waals surface area contributed by atoms with Gasteiger partial charge in [-0.2, -0.15) is 0 Å². The highest BCUT2D eigenvalue weighted by atomic mass is 32.2. The fraction of sp³-hybridized carbons (Fsp3) is 0.400. The minimum atomic E-state index is -0.0554. The van der Waals surface area contributed by atoms with Crippen LogP contribution >= 0.6 is 11.8 Å². The third-order valence-corrected chi connectivity index (χ3v) is 6.41. The first-order valence-corrected chi connectivity index (χ1v) is 12.1. The molecule has 0 saturated heterocycles. The molecule has 174 valence electrons. The van der Waals surface area contributed by atoms with Gasteiger partial charge in [0, 0.05) is 26.0 Å². The second kappa shape index (κ2) is 9.97. The van der Waals surface area contributed by atoms with Crippen molar-refractivity contribution < 1.29 is 9.47 Å². The molecule has 0 aliphatic rings. The second-order valence-corrected chi connectivity index (χ2v) is 9.97. The third kappa shape index (κ3) is 5.07. The minimum Gasteiger partial charge on any atom is -0.493 e. The molecule has 0 saturated carbocycles. The SMILES string of the molecule is COCCCn1c(=O)c2ccccc2n2c(SCCOc3ccc(C(C)(C)C)cc3)nnc12. The summed E-state index contributed by atoms with van der Waals surface area (Å²) in [6.07, 6.45) is 0.724. The van der Waals surface area contributed by atoms with Crippen LogP contribution in [-0.4, -0.2) is 45.2 Å². The summed E-state index contributed by atoms with van der Waals surface area (Å²) in [5.74, 6) is 2.11. The lowest BCUT2D eigenvalue weighted by atomic mass is 9.87. The van der Waals surface area contributed by atoms with E-state index in [-0.39, 0.29) is 11.0 Å². The fourth-order valence-electron chi connectivity index (χ4n) is 3.74. The Morgan fingerprint density at radius 3 is 2.48 bits per heavy atom. The standard InChI is InChI=1S/C25H30N4O3S/c1-25(2,3)18-10-12-19(13-11-18)32-16-17-33-24-27-26-23-28(14-7-15-31-4)22(30)20-8-5-6-9-21(20)29(23)24/h5-6,8-13H,7,14-17H2,1-4H3. The highest BCUT2D eigenvalue weighted by Crippen LogP contribution is 2.25. The third-order valence-electron chi connectivity index (χ3n) is 5.51. The maximum absolute atomic E-state index is 13.1. The molecular formula is C25H30N4O3S. The molecule has 0 unspecified atom stereocenters. The van der Waals surface area contributed by atoms with Crippen LogP contribution < -0.4 is 10.3 Å². The first-order chi connectivity index (χ1) is 15.9. The average Bonchev–Trinajstić information content (AvgIpc) is 3.22. The number of para-hydroxylation sites is 1. The molecule has 0 radical (unpaired) electrons. The van der Waals surface area contributed by atoms with Gasteiger partial charge in [-0.3, -0.25) is 13.8 Å². The molecule has 0 spiro atoms. The molecule has 0 aliphatic carbocycles. The van der Waals surface area contributed by atoms with E-state index in [4.69, 9.17) is 9.47 Å². The van der Waals surface area contributed by atoms with Gasteiger partial charge in [0.1, 0.15) is 5.75 Å². The quantitative estimate of drug-likeness (QED) is 0.266. The number of benzene rings is 2. The number of nitrogens with zero attached hydrogens (tertiary/aromatic N) is 4. The summed E-state index contributed by atoms with van der Waals surface area (Å²) in [6.45, 7) is 8.24. The zero-order valence-electron chi connectivity index (χ0n) is 19.6. The van der Waals surface area contributed by atoms with E-state index in [1.807, 2.05) is 40.8 Å². The van der Waals surface area contributed by atoms with Crippen LogP contribution in [0.1, 0.15) is 32.8 Å². The zero-order chi connectivity index (χ0) is 23.4. The monoisotopic (exact) mass is 466 g/mol. The number of hydrogen-bond acceptors (Lipinski definition) is 6. The molecular weight excluding hydrogens is 436 g/mol. The van der Waals surface area contributed by atoms with Crippen LogP contribution in [0.5, 0.6) is 5.75 Å². The molecule has 0 amide bonds. The molecule has 33 heavy (non-hydrogen) atoms. The lowest BCUT2D eigenvalue weighted by Crippen LogP contribution is -2.24. The van der Waals surface area contributed by atoms with Crippen molar-refractivity contribution in [3.05, 3.63) is 64.4 Å². The number of aryl methyl sites for hydroxylation is 1. The van der Waals surface area contributed by atoms with Crippen LogP contribution in [0.15, 0.2) is 58.5 Å². The Balaban J connectivity index is 1.52. The van der Waals surface area contributed by atoms with Crippen molar-refractivity contribution >= 4 is 28.4 Å². The van der Waals surface area contributed by atoms with Gasteiger partial charge in [0.2, 0.25) is 5.78 Å². The van der Waals surface area contributed by atoms with Crippen LogP contribution in [0.3, 0.4) is 0 Å². The summed E-state index contributed by atoms with van der Waals surface area (Å²) in [6, 6.07) is 15.9. The molecule has 8 heteroatoms. The van der Waals surface area contributed by atoms with Gasteiger partial charge in [-0.1, -0.05) is 56.8 Å². The molecule has 0 N–H and O–H groups in total. The van der Waals surface area contributed by atoms with Crippen molar-refractivity contribution in [2.75, 3.05) is 26.1 Å². The number of rotatable bonds is 9. The van der Waals surface area contributed by atoms with Crippen molar-refractivity contribution in [1.29, 1.82) is 0 Å². The van der Waals surface area contributed by atoms with Crippen molar-refractivity contribution in [1.82, 2.24) is 19.2 Å². The van der Waals surface area contributed by atoms with E-state index in [0.717, 1.165) is 22.8 Å². The summed E-state index contributed by atoms with van der Waals surface area (Å²) in [7, 11) is 1.66. The van der Waals surface area contributed by atoms with Crippen molar-refractivity contribution in [3.63, 3.8) is 0 Å². The van der Waals surface area contributed by atoms with E-state index < -0.39 is 0 Å². The van der Waals surface area contributed by atoms with E-state index >= 15 is 0 Å². The van der Waals surface area contributed by atoms with E-state index in [0.29, 0.717) is 36.7 Å². The lowest BCUT2D eigenvalue weighted by Gasteiger charge is -2.19. The largest absolute Gasteiger partial charge is 0.493 e. The van der Waals surface area contributed by atoms with Crippen LogP contribution in [-0.2, 0) is 16.7 Å². The van der Waals surface area contributed by atoms with Crippen LogP contribution in [0.2, 0.25) is 0 Å². The van der Waals surface area contributed by atoms with E-state index in [2.05, 4.69) is 43.1 Å². The number of thioether (sulfide) groups is 1. The Labute approximate surface area is 197 Å². The van der Waals surface area contributed by atoms with Gasteiger partial charge in [-0.05, 0) is 41.7 Å². The Morgan fingerprint density at radius 2 is 1.76 bits per heavy atom. The fourth-order valence-corrected chi connectivity index (χ4v) is 4.50. The number of fused-ring (bicyclic) bond motifs is 3. The summed E-state index contributed by atoms with van der Waals surface area (Å²) in [5, 5.41) is 10.1. The maximum atomic E-state index is 13.1. The molecule has 0 aliphatic heterocycles. The van der Waals surface area contributed by atoms with Gasteiger partial charge in [0.25, 0.3) is 5.56 Å². The van der Waals surface area contributed by atoms with Crippen molar-refractivity contribution in [2.45, 2.75) is 44.3 Å². The minimum absolute atomic E-state index is 0.0554. The first-order valence-electron chi connectivity index (χ1n) is 11.1. The van der Waals surface area contributed by atoms with Gasteiger partial charge >= 0.3 is 0 Å². The Morgan fingerprint density at radius 1 is 1.00 bits per heavy atom. The summed E-state index contributed by atoms with van der Waals surface area (Å²) in [4.78, 5) is 13.1. The van der Waals surface area contributed by atoms with Gasteiger partial charge in [-0.25, -0.2) is 0 Å². The average molecular weight is 467 g/mol. The topological polar surface area (TPSA) is 70.7 Å². The molecule has 0 atom stereocenters. The van der Waals surface area contributed by atoms with Gasteiger partial charge < -0.3 is 9.47 Å². The normalized spacial score (nSPS) is 12.0. The number of ether oxygens (including phenoxy) is 2. The molecule has 4 rings (SSSR count). The molecule has 7 nitrogen and oxygen atoms in total. The van der Waals surface area contributed by atoms with E-state index in [1.165, 1.54) is 5.56 Å². The van der Waals surface area contributed by atoms with E-state index in [1.54, 1.807) is 23.4 Å². The maximum Gasteiger partial charge on any atom is 0.262 e. The molecule has 2 aromatic carbocycles. The van der Waals surface area contributed by atoms with Gasteiger partial charge in [-0.15, -0.1) is 10.2 Å². The van der Waals surface area contributed by atoms with E-state index in [9.17, 15) is 4.79 Å². The van der Waals surface area contributed by atoms with Crippen LogP contribution in [0, 0.1) is 0 Å². The predicted octanol–water partition coefficient (Wildman–Crippen LogP) is 4.55. The molecule has 2 heterocycles. The molecule has 0 fully saturated rings. The second-order valence-electron chi connectivity index (χ2n) is 8.91.